The van der Waals surface area contributed by atoms with Gasteiger partial charge in [0.15, 0.2) is 0 Å². The van der Waals surface area contributed by atoms with Crippen molar-refractivity contribution in [2.75, 3.05) is 38.2 Å². The molecule has 0 unspecified atom stereocenters. The molecule has 134 valence electrons. The monoisotopic (exact) mass is 351 g/mol. The molecular weight excluding hydrogens is 330 g/mol. The predicted molar refractivity (Wildman–Crippen MR) is 96.8 cm³/mol. The van der Waals surface area contributed by atoms with Crippen molar-refractivity contribution in [2.24, 2.45) is 0 Å². The zero-order valence-corrected chi connectivity index (χ0v) is 15.0. The van der Waals surface area contributed by atoms with Gasteiger partial charge in [0.1, 0.15) is 17.5 Å². The van der Waals surface area contributed by atoms with E-state index >= 15 is 0 Å². The molecule has 1 aliphatic heterocycles. The average Bonchev–Trinajstić information content (AvgIpc) is 2.69. The fourth-order valence-electron chi connectivity index (χ4n) is 3.01. The molecular formula is C19H21N5O2. The van der Waals surface area contributed by atoms with Crippen LogP contribution in [0.25, 0.3) is 0 Å². The summed E-state index contributed by atoms with van der Waals surface area (Å²) in [6.07, 6.45) is 3.52. The molecule has 0 amide bonds. The molecule has 0 N–H and O–H groups in total. The second-order valence-electron chi connectivity index (χ2n) is 6.26. The number of rotatable bonds is 4. The first-order chi connectivity index (χ1) is 12.6. The molecule has 3 heterocycles. The Balaban J connectivity index is 1.58. The van der Waals surface area contributed by atoms with Crippen molar-refractivity contribution in [1.29, 1.82) is 5.26 Å². The quantitative estimate of drug-likeness (QED) is 0.776. The summed E-state index contributed by atoms with van der Waals surface area (Å²) in [6.45, 7) is 6.46. The number of hydrogen-bond donors (Lipinski definition) is 0. The molecule has 0 aliphatic carbocycles. The van der Waals surface area contributed by atoms with Crippen molar-refractivity contribution in [1.82, 2.24) is 14.9 Å². The van der Waals surface area contributed by atoms with Gasteiger partial charge < -0.3 is 9.64 Å². The van der Waals surface area contributed by atoms with Gasteiger partial charge >= 0.3 is 5.97 Å². The number of nitrogens with zero attached hydrogens (tertiary/aromatic N) is 5. The van der Waals surface area contributed by atoms with Gasteiger partial charge in [-0.2, -0.15) is 5.26 Å². The summed E-state index contributed by atoms with van der Waals surface area (Å²) in [4.78, 5) is 24.5. The highest BCUT2D eigenvalue weighted by atomic mass is 16.5. The van der Waals surface area contributed by atoms with Crippen LogP contribution in [0.5, 0.6) is 0 Å². The Hall–Kier alpha value is -2.98. The first-order valence-corrected chi connectivity index (χ1v) is 8.48. The van der Waals surface area contributed by atoms with Crippen LogP contribution in [0.2, 0.25) is 0 Å². The van der Waals surface area contributed by atoms with Crippen molar-refractivity contribution in [3.05, 3.63) is 53.1 Å². The Morgan fingerprint density at radius 1 is 1.23 bits per heavy atom. The van der Waals surface area contributed by atoms with Crippen molar-refractivity contribution in [3.63, 3.8) is 0 Å². The molecule has 0 bridgehead atoms. The van der Waals surface area contributed by atoms with Crippen LogP contribution in [0.4, 0.5) is 5.69 Å². The topological polar surface area (TPSA) is 82.4 Å². The molecule has 0 radical (unpaired) electrons. The maximum Gasteiger partial charge on any atom is 0.356 e. The largest absolute Gasteiger partial charge is 0.464 e. The van der Waals surface area contributed by atoms with Gasteiger partial charge in [-0.05, 0) is 36.2 Å². The van der Waals surface area contributed by atoms with Crippen LogP contribution in [0.1, 0.15) is 27.3 Å². The normalized spacial score (nSPS) is 14.7. The second kappa shape index (κ2) is 7.93. The number of pyridine rings is 2. The van der Waals surface area contributed by atoms with Gasteiger partial charge in [-0.25, -0.2) is 14.8 Å². The molecule has 0 spiro atoms. The summed E-state index contributed by atoms with van der Waals surface area (Å²) in [5.41, 5.74) is 3.98. The predicted octanol–water partition coefficient (Wildman–Crippen LogP) is 1.77. The van der Waals surface area contributed by atoms with E-state index in [1.807, 2.05) is 19.1 Å². The number of nitriles is 1. The van der Waals surface area contributed by atoms with E-state index in [4.69, 9.17) is 10.00 Å². The molecule has 1 aliphatic rings. The van der Waals surface area contributed by atoms with Crippen molar-refractivity contribution >= 4 is 11.7 Å². The number of hydrogen-bond acceptors (Lipinski definition) is 7. The van der Waals surface area contributed by atoms with E-state index in [0.717, 1.165) is 49.5 Å². The van der Waals surface area contributed by atoms with Gasteiger partial charge in [-0.1, -0.05) is 0 Å². The first-order valence-electron chi connectivity index (χ1n) is 8.48. The third-order valence-corrected chi connectivity index (χ3v) is 4.61. The van der Waals surface area contributed by atoms with Crippen molar-refractivity contribution in [2.45, 2.75) is 13.5 Å². The minimum absolute atomic E-state index is 0.340. The van der Waals surface area contributed by atoms with E-state index < -0.39 is 5.97 Å². The third-order valence-electron chi connectivity index (χ3n) is 4.61. The molecule has 2 aromatic rings. The molecule has 0 atom stereocenters. The number of ether oxygens (including phenoxy) is 1. The van der Waals surface area contributed by atoms with Crippen LogP contribution < -0.4 is 4.90 Å². The summed E-state index contributed by atoms with van der Waals surface area (Å²) >= 11 is 0. The zero-order chi connectivity index (χ0) is 18.5. The van der Waals surface area contributed by atoms with Crippen molar-refractivity contribution < 1.29 is 9.53 Å². The lowest BCUT2D eigenvalue weighted by Crippen LogP contribution is -2.46. The smallest absolute Gasteiger partial charge is 0.356 e. The number of carbonyl (C=O) groups is 1. The van der Waals surface area contributed by atoms with Crippen LogP contribution in [0, 0.1) is 18.3 Å². The average molecular weight is 351 g/mol. The van der Waals surface area contributed by atoms with Crippen LogP contribution >= 0.6 is 0 Å². The number of piperazine rings is 1. The van der Waals surface area contributed by atoms with Gasteiger partial charge in [0.05, 0.1) is 19.0 Å². The molecule has 7 heteroatoms. The van der Waals surface area contributed by atoms with Gasteiger partial charge in [-0.3, -0.25) is 4.90 Å². The molecule has 3 rings (SSSR count). The van der Waals surface area contributed by atoms with E-state index in [9.17, 15) is 4.79 Å². The Bertz CT molecular complexity index is 821. The summed E-state index contributed by atoms with van der Waals surface area (Å²) in [5.74, 6) is -0.413. The number of aromatic nitrogens is 2. The van der Waals surface area contributed by atoms with Gasteiger partial charge in [-0.15, -0.1) is 0 Å². The first kappa shape index (κ1) is 17.8. The maximum atomic E-state index is 11.6. The minimum Gasteiger partial charge on any atom is -0.464 e. The van der Waals surface area contributed by atoms with Gasteiger partial charge in [0.2, 0.25) is 0 Å². The van der Waals surface area contributed by atoms with Crippen LogP contribution in [0.15, 0.2) is 30.6 Å². The fraction of sp³-hybridized carbons (Fsp3) is 0.368. The van der Waals surface area contributed by atoms with Gasteiger partial charge in [0, 0.05) is 38.9 Å². The minimum atomic E-state index is -0.413. The molecule has 0 saturated carbocycles. The Kier molecular flexibility index (Phi) is 5.44. The van der Waals surface area contributed by atoms with Crippen LogP contribution in [0.3, 0.4) is 0 Å². The number of methoxy groups -OCH3 is 1. The number of anilines is 1. The lowest BCUT2D eigenvalue weighted by molar-refractivity contribution is 0.0594. The standard InChI is InChI=1S/C19H21N5O2/c1-14-9-18(19(25)26-2)22-11-15(14)13-23-5-7-24(8-6-23)17-4-3-16(10-20)21-12-17/h3-4,9,11-12H,5-8,13H2,1-2H3. The Morgan fingerprint density at radius 2 is 2.00 bits per heavy atom. The summed E-state index contributed by atoms with van der Waals surface area (Å²) in [6, 6.07) is 7.51. The molecule has 1 saturated heterocycles. The van der Waals surface area contributed by atoms with Gasteiger partial charge in [0.25, 0.3) is 0 Å². The lowest BCUT2D eigenvalue weighted by atomic mass is 10.1. The Morgan fingerprint density at radius 3 is 2.58 bits per heavy atom. The number of esters is 1. The highest BCUT2D eigenvalue weighted by molar-refractivity contribution is 5.87. The zero-order valence-electron chi connectivity index (χ0n) is 15.0. The second-order valence-corrected chi connectivity index (χ2v) is 6.26. The van der Waals surface area contributed by atoms with E-state index in [-0.39, 0.29) is 0 Å². The third kappa shape index (κ3) is 3.98. The fourth-order valence-corrected chi connectivity index (χ4v) is 3.01. The molecule has 2 aromatic heterocycles. The van der Waals surface area contributed by atoms with E-state index in [1.165, 1.54) is 7.11 Å². The summed E-state index contributed by atoms with van der Waals surface area (Å²) in [5, 5.41) is 8.83. The van der Waals surface area contributed by atoms with Crippen molar-refractivity contribution in [3.8, 4) is 6.07 Å². The molecule has 0 aromatic carbocycles. The van der Waals surface area contributed by atoms with E-state index in [1.54, 1.807) is 24.5 Å². The maximum absolute atomic E-state index is 11.6. The molecule has 1 fully saturated rings. The molecule has 26 heavy (non-hydrogen) atoms. The Labute approximate surface area is 152 Å². The van der Waals surface area contributed by atoms with Crippen LogP contribution in [-0.4, -0.2) is 54.1 Å². The number of carbonyl (C=O) groups excluding carboxylic acids is 1. The summed E-state index contributed by atoms with van der Waals surface area (Å²) < 4.78 is 4.71. The van der Waals surface area contributed by atoms with E-state index in [0.29, 0.717) is 11.4 Å². The molecule has 7 nitrogen and oxygen atoms in total. The lowest BCUT2D eigenvalue weighted by Gasteiger charge is -2.36. The van der Waals surface area contributed by atoms with E-state index in [2.05, 4.69) is 19.8 Å². The number of aryl methyl sites for hydroxylation is 1. The SMILES string of the molecule is COC(=O)c1cc(C)c(CN2CCN(c3ccc(C#N)nc3)CC2)cn1. The highest BCUT2D eigenvalue weighted by Gasteiger charge is 2.19. The van der Waals surface area contributed by atoms with Crippen LogP contribution in [-0.2, 0) is 11.3 Å². The highest BCUT2D eigenvalue weighted by Crippen LogP contribution is 2.18. The summed E-state index contributed by atoms with van der Waals surface area (Å²) in [7, 11) is 1.36.